The standard InChI is InChI=1S/C20H28O3S.Na/c1-3-5-7-10-16-14-17(11-8-6-4-2)18-12-9-13-20(19(18)15-16)24(21,22)23;/h9,12-15H,3-8,10-11H2,1-2H3,(H,21,22,23);/q;+1/p-1. The first-order valence-corrected chi connectivity index (χ1v) is 10.4. The summed E-state index contributed by atoms with van der Waals surface area (Å²) in [6, 6.07) is 9.14. The molecule has 2 rings (SSSR count). The van der Waals surface area contributed by atoms with Crippen molar-refractivity contribution in [2.75, 3.05) is 0 Å². The SMILES string of the molecule is CCCCCc1cc(CCCCC)c2cccc(S(=O)(=O)[O-])c2c1.[Na+]. The summed E-state index contributed by atoms with van der Waals surface area (Å²) in [5, 5.41) is 1.50. The third kappa shape index (κ3) is 6.37. The summed E-state index contributed by atoms with van der Waals surface area (Å²) in [7, 11) is -4.46. The molecule has 2 aromatic carbocycles. The predicted octanol–water partition coefficient (Wildman–Crippen LogP) is 2.21. The van der Waals surface area contributed by atoms with Crippen LogP contribution in [0.25, 0.3) is 10.8 Å². The van der Waals surface area contributed by atoms with Crippen LogP contribution in [-0.2, 0) is 23.0 Å². The Bertz CT molecular complexity index is 785. The molecule has 3 nitrogen and oxygen atoms in total. The summed E-state index contributed by atoms with van der Waals surface area (Å²) in [5.74, 6) is 0. The van der Waals surface area contributed by atoms with Crippen LogP contribution in [0.4, 0.5) is 0 Å². The Morgan fingerprint density at radius 2 is 1.52 bits per heavy atom. The van der Waals surface area contributed by atoms with E-state index >= 15 is 0 Å². The smallest absolute Gasteiger partial charge is 0.744 e. The molecule has 2 aromatic rings. The topological polar surface area (TPSA) is 57.2 Å². The van der Waals surface area contributed by atoms with Gasteiger partial charge in [-0.2, -0.15) is 0 Å². The van der Waals surface area contributed by atoms with Gasteiger partial charge in [-0.1, -0.05) is 57.7 Å². The second kappa shape index (κ2) is 10.7. The van der Waals surface area contributed by atoms with Crippen molar-refractivity contribution in [3.8, 4) is 0 Å². The average molecular weight is 370 g/mol. The fourth-order valence-corrected chi connectivity index (χ4v) is 3.90. The van der Waals surface area contributed by atoms with Gasteiger partial charge in [0.1, 0.15) is 10.1 Å². The van der Waals surface area contributed by atoms with E-state index in [4.69, 9.17) is 0 Å². The van der Waals surface area contributed by atoms with Crippen molar-refractivity contribution in [3.63, 3.8) is 0 Å². The predicted molar refractivity (Wildman–Crippen MR) is 98.4 cm³/mol. The van der Waals surface area contributed by atoms with E-state index in [0.717, 1.165) is 67.9 Å². The van der Waals surface area contributed by atoms with E-state index in [9.17, 15) is 13.0 Å². The van der Waals surface area contributed by atoms with Gasteiger partial charge in [-0.15, -0.1) is 0 Å². The molecule has 0 saturated carbocycles. The zero-order valence-corrected chi connectivity index (χ0v) is 18.5. The first-order chi connectivity index (χ1) is 11.5. The van der Waals surface area contributed by atoms with Crippen LogP contribution in [-0.4, -0.2) is 13.0 Å². The van der Waals surface area contributed by atoms with Crippen LogP contribution < -0.4 is 29.6 Å². The second-order valence-corrected chi connectivity index (χ2v) is 7.82. The second-order valence-electron chi connectivity index (χ2n) is 6.47. The van der Waals surface area contributed by atoms with Crippen LogP contribution in [0.3, 0.4) is 0 Å². The first kappa shape index (κ1) is 22.7. The molecule has 132 valence electrons. The Labute approximate surface area is 174 Å². The van der Waals surface area contributed by atoms with Gasteiger partial charge in [0.25, 0.3) is 0 Å². The molecule has 0 radical (unpaired) electrons. The summed E-state index contributed by atoms with van der Waals surface area (Å²) in [6.07, 6.45) is 8.63. The zero-order chi connectivity index (χ0) is 17.6. The van der Waals surface area contributed by atoms with E-state index in [2.05, 4.69) is 19.9 Å². The van der Waals surface area contributed by atoms with Crippen molar-refractivity contribution in [1.29, 1.82) is 0 Å². The van der Waals surface area contributed by atoms with Gasteiger partial charge in [0.05, 0.1) is 4.90 Å². The molecule has 25 heavy (non-hydrogen) atoms. The minimum atomic E-state index is -4.46. The van der Waals surface area contributed by atoms with E-state index < -0.39 is 10.1 Å². The molecule has 0 spiro atoms. The van der Waals surface area contributed by atoms with Crippen molar-refractivity contribution in [3.05, 3.63) is 41.5 Å². The summed E-state index contributed by atoms with van der Waals surface area (Å²) in [4.78, 5) is -0.0888. The number of rotatable bonds is 9. The number of aryl methyl sites for hydroxylation is 2. The molecule has 0 heterocycles. The number of hydrogen-bond donors (Lipinski definition) is 0. The average Bonchev–Trinajstić information content (AvgIpc) is 2.54. The molecule has 0 bridgehead atoms. The fourth-order valence-electron chi connectivity index (χ4n) is 3.22. The molecule has 0 fully saturated rings. The van der Waals surface area contributed by atoms with Crippen molar-refractivity contribution in [2.24, 2.45) is 0 Å². The van der Waals surface area contributed by atoms with E-state index in [0.29, 0.717) is 5.39 Å². The summed E-state index contributed by atoms with van der Waals surface area (Å²) >= 11 is 0. The van der Waals surface area contributed by atoms with Gasteiger partial charge in [-0.25, -0.2) is 8.42 Å². The summed E-state index contributed by atoms with van der Waals surface area (Å²) < 4.78 is 34.9. The van der Waals surface area contributed by atoms with Crippen molar-refractivity contribution in [2.45, 2.75) is 70.1 Å². The van der Waals surface area contributed by atoms with Gasteiger partial charge in [0.2, 0.25) is 0 Å². The molecular weight excluding hydrogens is 343 g/mol. The molecule has 5 heteroatoms. The molecule has 0 unspecified atom stereocenters. The molecular formula is C20H27NaO3S. The third-order valence-electron chi connectivity index (χ3n) is 4.49. The molecule has 0 saturated heterocycles. The van der Waals surface area contributed by atoms with Gasteiger partial charge in [0, 0.05) is 0 Å². The fraction of sp³-hybridized carbons (Fsp3) is 0.500. The third-order valence-corrected chi connectivity index (χ3v) is 5.38. The molecule has 0 atom stereocenters. The van der Waals surface area contributed by atoms with Gasteiger partial charge in [0.15, 0.2) is 0 Å². The quantitative estimate of drug-likeness (QED) is 0.386. The first-order valence-electron chi connectivity index (χ1n) is 8.97. The van der Waals surface area contributed by atoms with Crippen LogP contribution in [0.5, 0.6) is 0 Å². The molecule has 0 aliphatic rings. The van der Waals surface area contributed by atoms with Crippen LogP contribution in [0, 0.1) is 0 Å². The molecule has 0 aliphatic carbocycles. The maximum absolute atomic E-state index is 11.6. The minimum Gasteiger partial charge on any atom is -0.744 e. The number of hydrogen-bond acceptors (Lipinski definition) is 3. The number of unbranched alkanes of at least 4 members (excludes halogenated alkanes) is 4. The summed E-state index contributed by atoms with van der Waals surface area (Å²) in [5.41, 5.74) is 2.30. The van der Waals surface area contributed by atoms with Crippen LogP contribution in [0.2, 0.25) is 0 Å². The van der Waals surface area contributed by atoms with E-state index in [1.807, 2.05) is 12.1 Å². The molecule has 0 amide bonds. The molecule has 0 aliphatic heterocycles. The van der Waals surface area contributed by atoms with Gasteiger partial charge in [-0.05, 0) is 59.7 Å². The van der Waals surface area contributed by atoms with Gasteiger partial charge < -0.3 is 4.55 Å². The van der Waals surface area contributed by atoms with Crippen molar-refractivity contribution in [1.82, 2.24) is 0 Å². The Hall–Kier alpha value is -0.390. The normalized spacial score (nSPS) is 11.5. The van der Waals surface area contributed by atoms with Crippen LogP contribution in [0.1, 0.15) is 63.5 Å². The van der Waals surface area contributed by atoms with Crippen molar-refractivity contribution >= 4 is 20.9 Å². The monoisotopic (exact) mass is 370 g/mol. The van der Waals surface area contributed by atoms with Crippen LogP contribution >= 0.6 is 0 Å². The Morgan fingerprint density at radius 3 is 2.12 bits per heavy atom. The Balaban J connectivity index is 0.00000312. The minimum absolute atomic E-state index is 0. The molecule has 0 aromatic heterocycles. The number of benzene rings is 2. The van der Waals surface area contributed by atoms with Crippen LogP contribution in [0.15, 0.2) is 35.2 Å². The summed E-state index contributed by atoms with van der Waals surface area (Å²) in [6.45, 7) is 4.33. The molecule has 0 N–H and O–H groups in total. The largest absolute Gasteiger partial charge is 1.00 e. The maximum Gasteiger partial charge on any atom is 1.00 e. The van der Waals surface area contributed by atoms with Gasteiger partial charge >= 0.3 is 29.6 Å². The Morgan fingerprint density at radius 1 is 0.880 bits per heavy atom. The van der Waals surface area contributed by atoms with Gasteiger partial charge in [-0.3, -0.25) is 0 Å². The number of fused-ring (bicyclic) bond motifs is 1. The van der Waals surface area contributed by atoms with E-state index in [1.165, 1.54) is 6.07 Å². The maximum atomic E-state index is 11.6. The van der Waals surface area contributed by atoms with E-state index in [-0.39, 0.29) is 34.5 Å². The zero-order valence-electron chi connectivity index (χ0n) is 15.7. The Kier molecular flexibility index (Phi) is 9.68. The van der Waals surface area contributed by atoms with Crippen molar-refractivity contribution < 1.29 is 42.5 Å². The van der Waals surface area contributed by atoms with E-state index in [1.54, 1.807) is 6.07 Å².